The molecule has 1 radical (unpaired) electrons. The summed E-state index contributed by atoms with van der Waals surface area (Å²) in [6.45, 7) is 7.83. The molecule has 1 saturated heterocycles. The first-order chi connectivity index (χ1) is 5.18. The van der Waals surface area contributed by atoms with Crippen LogP contribution >= 0.6 is 0 Å². The number of aliphatic hydroxyl groups excluding tert-OH is 1. The standard InChI is InChI=1S/C9H19NO.V/c1-8(2)7-10-5-3-9(11)4-6-10;/h8-9,11H,3-7H2,1-2H3;. The summed E-state index contributed by atoms with van der Waals surface area (Å²) >= 11 is 0. The third kappa shape index (κ3) is 4.51. The normalized spacial score (nSPS) is 21.0. The Bertz CT molecular complexity index is 111. The molecule has 0 aromatic rings. The predicted octanol–water partition coefficient (Wildman–Crippen LogP) is 1.10. The molecule has 0 bridgehead atoms. The fourth-order valence-electron chi connectivity index (χ4n) is 1.62. The van der Waals surface area contributed by atoms with Gasteiger partial charge in [-0.2, -0.15) is 0 Å². The summed E-state index contributed by atoms with van der Waals surface area (Å²) in [5.74, 6) is 0.755. The van der Waals surface area contributed by atoms with Gasteiger partial charge in [-0.15, -0.1) is 0 Å². The molecule has 1 N–H and O–H groups in total. The second kappa shape index (κ2) is 6.03. The first kappa shape index (κ1) is 12.5. The largest absolute Gasteiger partial charge is 0.393 e. The van der Waals surface area contributed by atoms with Gasteiger partial charge in [0, 0.05) is 38.2 Å². The summed E-state index contributed by atoms with van der Waals surface area (Å²) < 4.78 is 0. The maximum atomic E-state index is 9.23. The smallest absolute Gasteiger partial charge is 0.0564 e. The van der Waals surface area contributed by atoms with Gasteiger partial charge in [0.15, 0.2) is 0 Å². The molecule has 1 aliphatic heterocycles. The predicted molar refractivity (Wildman–Crippen MR) is 46.5 cm³/mol. The van der Waals surface area contributed by atoms with E-state index >= 15 is 0 Å². The van der Waals surface area contributed by atoms with Crippen LogP contribution in [0.25, 0.3) is 0 Å². The van der Waals surface area contributed by atoms with E-state index in [1.807, 2.05) is 0 Å². The van der Waals surface area contributed by atoms with E-state index in [-0.39, 0.29) is 24.7 Å². The van der Waals surface area contributed by atoms with Gasteiger partial charge in [0.25, 0.3) is 0 Å². The molecule has 3 heteroatoms. The van der Waals surface area contributed by atoms with Crippen LogP contribution < -0.4 is 0 Å². The molecule has 1 aliphatic rings. The molecule has 2 nitrogen and oxygen atoms in total. The number of aliphatic hydroxyl groups is 1. The zero-order valence-corrected chi connectivity index (χ0v) is 9.43. The molecule has 0 aromatic heterocycles. The van der Waals surface area contributed by atoms with Gasteiger partial charge in [-0.3, -0.25) is 0 Å². The van der Waals surface area contributed by atoms with Gasteiger partial charge in [-0.05, 0) is 18.8 Å². The summed E-state index contributed by atoms with van der Waals surface area (Å²) in [4.78, 5) is 2.44. The molecule has 0 aliphatic carbocycles. The number of piperidine rings is 1. The Morgan fingerprint density at radius 3 is 2.25 bits per heavy atom. The number of likely N-dealkylation sites (tertiary alicyclic amines) is 1. The summed E-state index contributed by atoms with van der Waals surface area (Å²) in [6, 6.07) is 0. The minimum absolute atomic E-state index is 0. The second-order valence-corrected chi connectivity index (χ2v) is 3.93. The molecule has 12 heavy (non-hydrogen) atoms. The summed E-state index contributed by atoms with van der Waals surface area (Å²) in [7, 11) is 0. The van der Waals surface area contributed by atoms with Crippen LogP contribution in [0.15, 0.2) is 0 Å². The van der Waals surface area contributed by atoms with Crippen molar-refractivity contribution in [3.05, 3.63) is 0 Å². The van der Waals surface area contributed by atoms with Crippen LogP contribution in [-0.4, -0.2) is 35.7 Å². The summed E-state index contributed by atoms with van der Waals surface area (Å²) in [5.41, 5.74) is 0. The quantitative estimate of drug-likeness (QED) is 0.734. The Labute approximate surface area is 87.2 Å². The first-order valence-electron chi connectivity index (χ1n) is 4.59. The van der Waals surface area contributed by atoms with Crippen LogP contribution in [0.3, 0.4) is 0 Å². The molecule has 1 rings (SSSR count). The van der Waals surface area contributed by atoms with Crippen LogP contribution in [0.1, 0.15) is 26.7 Å². The van der Waals surface area contributed by atoms with Gasteiger partial charge < -0.3 is 10.0 Å². The maximum absolute atomic E-state index is 9.23. The molecule has 1 heterocycles. The van der Waals surface area contributed by atoms with Crippen LogP contribution in [0, 0.1) is 5.92 Å². The SMILES string of the molecule is CC(C)CN1CCC(O)CC1.[V]. The molecular formula is C9H19NOV. The molecule has 71 valence electrons. The van der Waals surface area contributed by atoms with Crippen molar-refractivity contribution in [3.63, 3.8) is 0 Å². The van der Waals surface area contributed by atoms with Gasteiger partial charge in [-0.1, -0.05) is 13.8 Å². The van der Waals surface area contributed by atoms with Crippen LogP contribution in [0.4, 0.5) is 0 Å². The van der Waals surface area contributed by atoms with E-state index in [4.69, 9.17) is 0 Å². The summed E-state index contributed by atoms with van der Waals surface area (Å²) in [6.07, 6.45) is 1.90. The van der Waals surface area contributed by atoms with Gasteiger partial charge in [0.2, 0.25) is 0 Å². The van der Waals surface area contributed by atoms with E-state index in [1.54, 1.807) is 0 Å². The Kier molecular flexibility index (Phi) is 6.29. The third-order valence-corrected chi connectivity index (χ3v) is 2.18. The van der Waals surface area contributed by atoms with Crippen molar-refractivity contribution in [2.24, 2.45) is 5.92 Å². The van der Waals surface area contributed by atoms with E-state index in [0.717, 1.165) is 31.8 Å². The fraction of sp³-hybridized carbons (Fsp3) is 1.00. The monoisotopic (exact) mass is 208 g/mol. The first-order valence-corrected chi connectivity index (χ1v) is 4.59. The topological polar surface area (TPSA) is 23.5 Å². The van der Waals surface area contributed by atoms with Gasteiger partial charge in [-0.25, -0.2) is 0 Å². The minimum Gasteiger partial charge on any atom is -0.393 e. The zero-order valence-electron chi connectivity index (χ0n) is 8.03. The fourth-order valence-corrected chi connectivity index (χ4v) is 1.62. The molecule has 0 unspecified atom stereocenters. The maximum Gasteiger partial charge on any atom is 0.0564 e. The van der Waals surface area contributed by atoms with E-state index < -0.39 is 0 Å². The van der Waals surface area contributed by atoms with Crippen molar-refractivity contribution in [1.82, 2.24) is 4.90 Å². The van der Waals surface area contributed by atoms with Gasteiger partial charge in [0.05, 0.1) is 6.10 Å². The van der Waals surface area contributed by atoms with Crippen LogP contribution in [0.2, 0.25) is 0 Å². The Morgan fingerprint density at radius 1 is 1.33 bits per heavy atom. The third-order valence-electron chi connectivity index (χ3n) is 2.18. The van der Waals surface area contributed by atoms with Gasteiger partial charge in [0.1, 0.15) is 0 Å². The minimum atomic E-state index is -0.0292. The van der Waals surface area contributed by atoms with E-state index in [1.165, 1.54) is 6.54 Å². The average molecular weight is 208 g/mol. The molecule has 0 aromatic carbocycles. The molecule has 0 amide bonds. The Hall–Kier alpha value is 0.504. The number of hydrogen-bond donors (Lipinski definition) is 1. The zero-order chi connectivity index (χ0) is 8.27. The van der Waals surface area contributed by atoms with Crippen molar-refractivity contribution in [2.45, 2.75) is 32.8 Å². The average Bonchev–Trinajstić information content (AvgIpc) is 1.93. The van der Waals surface area contributed by atoms with Crippen molar-refractivity contribution < 1.29 is 23.7 Å². The molecule has 0 atom stereocenters. The number of rotatable bonds is 2. The number of nitrogens with zero attached hydrogens (tertiary/aromatic N) is 1. The molecule has 1 fully saturated rings. The summed E-state index contributed by atoms with van der Waals surface area (Å²) in [5, 5.41) is 9.23. The van der Waals surface area contributed by atoms with Crippen LogP contribution in [0.5, 0.6) is 0 Å². The Morgan fingerprint density at radius 2 is 1.83 bits per heavy atom. The van der Waals surface area contributed by atoms with Crippen molar-refractivity contribution in [1.29, 1.82) is 0 Å². The molecule has 0 saturated carbocycles. The van der Waals surface area contributed by atoms with E-state index in [2.05, 4.69) is 18.7 Å². The van der Waals surface area contributed by atoms with Crippen molar-refractivity contribution in [3.8, 4) is 0 Å². The van der Waals surface area contributed by atoms with Crippen molar-refractivity contribution >= 4 is 0 Å². The number of hydrogen-bond acceptors (Lipinski definition) is 2. The Balaban J connectivity index is 0.00000121. The second-order valence-electron chi connectivity index (χ2n) is 3.93. The van der Waals surface area contributed by atoms with E-state index in [9.17, 15) is 5.11 Å². The molecule has 0 spiro atoms. The van der Waals surface area contributed by atoms with Crippen molar-refractivity contribution in [2.75, 3.05) is 19.6 Å². The van der Waals surface area contributed by atoms with Crippen LogP contribution in [-0.2, 0) is 18.6 Å². The van der Waals surface area contributed by atoms with E-state index in [0.29, 0.717) is 0 Å². The molecular weight excluding hydrogens is 189 g/mol. The van der Waals surface area contributed by atoms with Gasteiger partial charge >= 0.3 is 0 Å².